The third-order valence-electron chi connectivity index (χ3n) is 1.87. The van der Waals surface area contributed by atoms with E-state index in [1.807, 2.05) is 0 Å². The second kappa shape index (κ2) is 4.39. The molecule has 1 unspecified atom stereocenters. The molecule has 0 saturated heterocycles. The first-order chi connectivity index (χ1) is 6.21. The zero-order valence-electron chi connectivity index (χ0n) is 8.10. The summed E-state index contributed by atoms with van der Waals surface area (Å²) in [6.45, 7) is 3.34. The molecule has 2 atom stereocenters. The van der Waals surface area contributed by atoms with E-state index in [9.17, 15) is 14.7 Å². The lowest BCUT2D eigenvalue weighted by molar-refractivity contribution is -0.169. The van der Waals surface area contributed by atoms with Gasteiger partial charge in [0.1, 0.15) is 6.04 Å². The number of aliphatic hydroxyl groups is 1. The van der Waals surface area contributed by atoms with Crippen molar-refractivity contribution in [1.29, 1.82) is 0 Å². The van der Waals surface area contributed by atoms with E-state index in [1.165, 1.54) is 0 Å². The first-order valence-corrected chi connectivity index (χ1v) is 4.16. The van der Waals surface area contributed by atoms with Gasteiger partial charge in [0.15, 0.2) is 5.60 Å². The van der Waals surface area contributed by atoms with Crippen LogP contribution < -0.4 is 5.73 Å². The fraction of sp³-hybridized carbons (Fsp3) is 0.750. The van der Waals surface area contributed by atoms with Crippen molar-refractivity contribution in [1.82, 2.24) is 0 Å². The van der Waals surface area contributed by atoms with Crippen molar-refractivity contribution in [3.63, 3.8) is 0 Å². The van der Waals surface area contributed by atoms with Crippen molar-refractivity contribution in [2.75, 3.05) is 0 Å². The standard InChI is InChI=1S/C8H15NO5/c1-4(2)3-8(14,7(12)13)5(9)6(10)11/h4-5,14H,3,9H2,1-2H3,(H,10,11)(H,12,13)/t5-,8?/m1/s1. The van der Waals surface area contributed by atoms with Crippen molar-refractivity contribution in [3.8, 4) is 0 Å². The van der Waals surface area contributed by atoms with Gasteiger partial charge < -0.3 is 21.1 Å². The minimum atomic E-state index is -2.40. The Kier molecular flexibility index (Phi) is 4.03. The van der Waals surface area contributed by atoms with E-state index in [2.05, 4.69) is 0 Å². The van der Waals surface area contributed by atoms with E-state index in [0.29, 0.717) is 0 Å². The average molecular weight is 205 g/mol. The second-order valence-corrected chi connectivity index (χ2v) is 3.64. The van der Waals surface area contributed by atoms with Crippen molar-refractivity contribution >= 4 is 11.9 Å². The van der Waals surface area contributed by atoms with Crippen molar-refractivity contribution in [2.24, 2.45) is 11.7 Å². The molecule has 0 aromatic rings. The van der Waals surface area contributed by atoms with Gasteiger partial charge in [-0.3, -0.25) is 4.79 Å². The summed E-state index contributed by atoms with van der Waals surface area (Å²) in [6.07, 6.45) is -0.199. The predicted molar refractivity (Wildman–Crippen MR) is 47.7 cm³/mol. The van der Waals surface area contributed by atoms with Crippen LogP contribution >= 0.6 is 0 Å². The summed E-state index contributed by atoms with van der Waals surface area (Å²) in [5.41, 5.74) is 2.71. The SMILES string of the molecule is CC(C)CC(O)(C(=O)O)[C@H](N)C(=O)O. The number of hydrogen-bond acceptors (Lipinski definition) is 4. The molecule has 82 valence electrons. The number of aliphatic carboxylic acids is 2. The first-order valence-electron chi connectivity index (χ1n) is 4.16. The van der Waals surface area contributed by atoms with Crippen LogP contribution in [-0.4, -0.2) is 38.9 Å². The summed E-state index contributed by atoms with van der Waals surface area (Å²) in [6, 6.07) is -1.82. The van der Waals surface area contributed by atoms with Gasteiger partial charge in [0, 0.05) is 0 Å². The van der Waals surface area contributed by atoms with E-state index in [4.69, 9.17) is 15.9 Å². The highest BCUT2D eigenvalue weighted by molar-refractivity contribution is 5.87. The summed E-state index contributed by atoms with van der Waals surface area (Å²) >= 11 is 0. The molecule has 0 aromatic heterocycles. The monoisotopic (exact) mass is 205 g/mol. The third-order valence-corrected chi connectivity index (χ3v) is 1.87. The zero-order valence-corrected chi connectivity index (χ0v) is 8.10. The molecule has 0 aromatic carbocycles. The maximum absolute atomic E-state index is 10.7. The molecule has 0 radical (unpaired) electrons. The molecule has 6 nitrogen and oxygen atoms in total. The minimum absolute atomic E-state index is 0.165. The van der Waals surface area contributed by atoms with Crippen LogP contribution in [0.1, 0.15) is 20.3 Å². The highest BCUT2D eigenvalue weighted by atomic mass is 16.4. The van der Waals surface area contributed by atoms with Gasteiger partial charge in [-0.2, -0.15) is 0 Å². The fourth-order valence-electron chi connectivity index (χ4n) is 1.17. The molecule has 14 heavy (non-hydrogen) atoms. The van der Waals surface area contributed by atoms with Gasteiger partial charge in [0.25, 0.3) is 0 Å². The predicted octanol–water partition coefficient (Wildman–Crippen LogP) is -0.740. The summed E-state index contributed by atoms with van der Waals surface area (Å²) in [4.78, 5) is 21.2. The van der Waals surface area contributed by atoms with Crippen LogP contribution in [0.3, 0.4) is 0 Å². The summed E-state index contributed by atoms with van der Waals surface area (Å²) in [5, 5.41) is 26.8. The van der Waals surface area contributed by atoms with Crippen LogP contribution in [0.15, 0.2) is 0 Å². The van der Waals surface area contributed by atoms with Crippen molar-refractivity contribution in [2.45, 2.75) is 31.9 Å². The summed E-state index contributed by atoms with van der Waals surface area (Å²) < 4.78 is 0. The molecule has 0 spiro atoms. The molecule has 0 amide bonds. The minimum Gasteiger partial charge on any atom is -0.480 e. The number of nitrogens with two attached hydrogens (primary N) is 1. The zero-order chi connectivity index (χ0) is 11.5. The highest BCUT2D eigenvalue weighted by Gasteiger charge is 2.46. The van der Waals surface area contributed by atoms with Crippen LogP contribution in [0.25, 0.3) is 0 Å². The molecule has 0 aliphatic heterocycles. The smallest absolute Gasteiger partial charge is 0.337 e. The van der Waals surface area contributed by atoms with Gasteiger partial charge in [0.05, 0.1) is 0 Å². The Morgan fingerprint density at radius 2 is 1.79 bits per heavy atom. The molecule has 0 aliphatic rings. The lowest BCUT2D eigenvalue weighted by Crippen LogP contribution is -2.58. The Bertz CT molecular complexity index is 240. The normalized spacial score (nSPS) is 17.5. The third kappa shape index (κ3) is 2.68. The van der Waals surface area contributed by atoms with Crippen LogP contribution in [0.2, 0.25) is 0 Å². The summed E-state index contributed by atoms with van der Waals surface area (Å²) in [5.74, 6) is -3.31. The van der Waals surface area contributed by atoms with E-state index < -0.39 is 23.6 Å². The number of carbonyl (C=O) groups is 2. The van der Waals surface area contributed by atoms with Crippen LogP contribution in [-0.2, 0) is 9.59 Å². The topological polar surface area (TPSA) is 121 Å². The van der Waals surface area contributed by atoms with Gasteiger partial charge >= 0.3 is 11.9 Å². The molecule has 0 bridgehead atoms. The van der Waals surface area contributed by atoms with Crippen molar-refractivity contribution in [3.05, 3.63) is 0 Å². The number of carboxylic acid groups (broad SMARTS) is 2. The molecule has 0 saturated carbocycles. The number of rotatable bonds is 5. The Hall–Kier alpha value is -1.14. The average Bonchev–Trinajstić information content (AvgIpc) is 2.00. The molecule has 0 fully saturated rings. The van der Waals surface area contributed by atoms with Gasteiger partial charge in [0.2, 0.25) is 0 Å². The van der Waals surface area contributed by atoms with E-state index in [0.717, 1.165) is 0 Å². The number of hydrogen-bond donors (Lipinski definition) is 4. The highest BCUT2D eigenvalue weighted by Crippen LogP contribution is 2.20. The molecule has 0 aliphatic carbocycles. The van der Waals surface area contributed by atoms with Crippen molar-refractivity contribution < 1.29 is 24.9 Å². The molecule has 0 rings (SSSR count). The fourth-order valence-corrected chi connectivity index (χ4v) is 1.17. The quantitative estimate of drug-likeness (QED) is 0.469. The molecule has 5 N–H and O–H groups in total. The molecule has 0 heterocycles. The Balaban J connectivity index is 4.89. The Labute approximate surface area is 81.3 Å². The Morgan fingerprint density at radius 3 is 2.00 bits per heavy atom. The van der Waals surface area contributed by atoms with Gasteiger partial charge in [-0.05, 0) is 12.3 Å². The lowest BCUT2D eigenvalue weighted by atomic mass is 9.86. The molecule has 6 heteroatoms. The van der Waals surface area contributed by atoms with E-state index >= 15 is 0 Å². The lowest BCUT2D eigenvalue weighted by Gasteiger charge is -2.28. The van der Waals surface area contributed by atoms with Gasteiger partial charge in [-0.15, -0.1) is 0 Å². The van der Waals surface area contributed by atoms with Crippen LogP contribution in [0, 0.1) is 5.92 Å². The van der Waals surface area contributed by atoms with E-state index in [1.54, 1.807) is 13.8 Å². The maximum Gasteiger partial charge on any atom is 0.337 e. The summed E-state index contributed by atoms with van der Waals surface area (Å²) in [7, 11) is 0. The number of carboxylic acids is 2. The Morgan fingerprint density at radius 1 is 1.36 bits per heavy atom. The van der Waals surface area contributed by atoms with Crippen LogP contribution in [0.4, 0.5) is 0 Å². The molecular formula is C8H15NO5. The maximum atomic E-state index is 10.7. The van der Waals surface area contributed by atoms with Gasteiger partial charge in [-0.25, -0.2) is 4.79 Å². The van der Waals surface area contributed by atoms with E-state index in [-0.39, 0.29) is 12.3 Å². The van der Waals surface area contributed by atoms with Gasteiger partial charge in [-0.1, -0.05) is 13.8 Å². The second-order valence-electron chi connectivity index (χ2n) is 3.64. The largest absolute Gasteiger partial charge is 0.480 e. The first kappa shape index (κ1) is 12.9. The van der Waals surface area contributed by atoms with Crippen LogP contribution in [0.5, 0.6) is 0 Å². The molecular weight excluding hydrogens is 190 g/mol.